The molecule has 0 spiro atoms. The van der Waals surface area contributed by atoms with Gasteiger partial charge in [0, 0.05) is 6.42 Å². The Morgan fingerprint density at radius 1 is 1.50 bits per heavy atom. The van der Waals surface area contributed by atoms with Gasteiger partial charge in [-0.05, 0) is 18.3 Å². The Bertz CT molecular complexity index is 225. The molecule has 1 unspecified atom stereocenters. The summed E-state index contributed by atoms with van der Waals surface area (Å²) in [6.07, 6.45) is 0.372. The number of rotatable bonds is 7. The molecule has 0 amide bonds. The summed E-state index contributed by atoms with van der Waals surface area (Å²) in [6.45, 7) is 7.77. The SMILES string of the molecule is C=C(Br)CC(N)P(=O)(OCC)OCC. The third kappa shape index (κ3) is 4.71. The fourth-order valence-corrected chi connectivity index (χ4v) is 3.15. The zero-order valence-electron chi connectivity index (χ0n) is 8.53. The monoisotopic (exact) mass is 285 g/mol. The van der Waals surface area contributed by atoms with Gasteiger partial charge in [-0.3, -0.25) is 4.57 Å². The zero-order chi connectivity index (χ0) is 11.2. The van der Waals surface area contributed by atoms with Crippen LogP contribution in [0.2, 0.25) is 0 Å². The first-order valence-corrected chi connectivity index (χ1v) is 6.84. The maximum atomic E-state index is 12.0. The van der Waals surface area contributed by atoms with Gasteiger partial charge in [0.05, 0.1) is 13.2 Å². The quantitative estimate of drug-likeness (QED) is 0.731. The van der Waals surface area contributed by atoms with Crippen molar-refractivity contribution in [2.45, 2.75) is 26.1 Å². The number of hydrogen-bond donors (Lipinski definition) is 1. The van der Waals surface area contributed by atoms with E-state index in [2.05, 4.69) is 22.5 Å². The second-order valence-electron chi connectivity index (χ2n) is 2.66. The van der Waals surface area contributed by atoms with Crippen molar-refractivity contribution in [2.24, 2.45) is 5.73 Å². The molecule has 2 N–H and O–H groups in total. The highest BCUT2D eigenvalue weighted by Crippen LogP contribution is 2.52. The molecule has 0 saturated carbocycles. The predicted molar refractivity (Wildman–Crippen MR) is 61.5 cm³/mol. The van der Waals surface area contributed by atoms with Gasteiger partial charge < -0.3 is 14.8 Å². The summed E-state index contributed by atoms with van der Waals surface area (Å²) < 4.78 is 22.9. The molecule has 1 atom stereocenters. The number of hydrogen-bond acceptors (Lipinski definition) is 4. The molecule has 0 aliphatic carbocycles. The van der Waals surface area contributed by atoms with Crippen LogP contribution in [0.5, 0.6) is 0 Å². The Balaban J connectivity index is 4.46. The Labute approximate surface area is 93.5 Å². The molecule has 0 aromatic carbocycles. The van der Waals surface area contributed by atoms with Crippen LogP contribution in [-0.2, 0) is 13.6 Å². The molecular formula is C8H17BrNO3P. The molecule has 14 heavy (non-hydrogen) atoms. The Hall–Kier alpha value is 0.330. The lowest BCUT2D eigenvalue weighted by Gasteiger charge is -2.22. The molecule has 0 aromatic heterocycles. The Kier molecular flexibility index (Phi) is 6.91. The number of halogens is 1. The van der Waals surface area contributed by atoms with E-state index in [1.807, 2.05) is 0 Å². The van der Waals surface area contributed by atoms with Crippen LogP contribution in [0.15, 0.2) is 11.1 Å². The third-order valence-corrected chi connectivity index (χ3v) is 4.01. The van der Waals surface area contributed by atoms with Crippen LogP contribution in [0, 0.1) is 0 Å². The maximum absolute atomic E-state index is 12.0. The molecule has 0 aliphatic heterocycles. The maximum Gasteiger partial charge on any atom is 0.347 e. The van der Waals surface area contributed by atoms with Crippen LogP contribution in [0.1, 0.15) is 20.3 Å². The third-order valence-electron chi connectivity index (χ3n) is 1.45. The van der Waals surface area contributed by atoms with Crippen LogP contribution in [0.4, 0.5) is 0 Å². The van der Waals surface area contributed by atoms with Gasteiger partial charge in [-0.25, -0.2) is 0 Å². The predicted octanol–water partition coefficient (Wildman–Crippen LogP) is 2.84. The minimum atomic E-state index is -3.18. The van der Waals surface area contributed by atoms with Crippen LogP contribution in [0.3, 0.4) is 0 Å². The van der Waals surface area contributed by atoms with Gasteiger partial charge in [-0.1, -0.05) is 22.5 Å². The van der Waals surface area contributed by atoms with Crippen molar-refractivity contribution >= 4 is 23.5 Å². The molecule has 0 bridgehead atoms. The van der Waals surface area contributed by atoms with E-state index in [9.17, 15) is 4.57 Å². The lowest BCUT2D eigenvalue weighted by molar-refractivity contribution is 0.212. The topological polar surface area (TPSA) is 61.6 Å². The first-order valence-electron chi connectivity index (χ1n) is 4.44. The van der Waals surface area contributed by atoms with E-state index in [1.165, 1.54) is 0 Å². The van der Waals surface area contributed by atoms with Gasteiger partial charge in [0.1, 0.15) is 5.78 Å². The molecule has 4 nitrogen and oxygen atoms in total. The van der Waals surface area contributed by atoms with Crippen LogP contribution in [-0.4, -0.2) is 19.0 Å². The summed E-state index contributed by atoms with van der Waals surface area (Å²) in [7, 11) is -3.18. The van der Waals surface area contributed by atoms with Crippen molar-refractivity contribution in [3.8, 4) is 0 Å². The summed E-state index contributed by atoms with van der Waals surface area (Å²) in [5, 5.41) is 0. The van der Waals surface area contributed by atoms with E-state index in [4.69, 9.17) is 14.8 Å². The van der Waals surface area contributed by atoms with Crippen LogP contribution < -0.4 is 5.73 Å². The first-order chi connectivity index (χ1) is 6.46. The van der Waals surface area contributed by atoms with Crippen LogP contribution >= 0.6 is 23.5 Å². The van der Waals surface area contributed by atoms with Gasteiger partial charge in [0.25, 0.3) is 0 Å². The average Bonchev–Trinajstić information content (AvgIpc) is 2.03. The molecule has 0 heterocycles. The molecular weight excluding hydrogens is 269 g/mol. The molecule has 0 fully saturated rings. The zero-order valence-corrected chi connectivity index (χ0v) is 11.0. The molecule has 0 radical (unpaired) electrons. The fourth-order valence-electron chi connectivity index (χ4n) is 0.927. The largest absolute Gasteiger partial charge is 0.347 e. The number of nitrogens with two attached hydrogens (primary N) is 1. The van der Waals surface area contributed by atoms with Crippen molar-refractivity contribution in [1.29, 1.82) is 0 Å². The molecule has 84 valence electrons. The van der Waals surface area contributed by atoms with Gasteiger partial charge in [0.15, 0.2) is 0 Å². The summed E-state index contributed by atoms with van der Waals surface area (Å²) >= 11 is 3.16. The van der Waals surface area contributed by atoms with Gasteiger partial charge in [0.2, 0.25) is 0 Å². The molecule has 6 heteroatoms. The Morgan fingerprint density at radius 3 is 2.21 bits per heavy atom. The van der Waals surface area contributed by atoms with Crippen molar-refractivity contribution in [3.63, 3.8) is 0 Å². The van der Waals surface area contributed by atoms with E-state index in [-0.39, 0.29) is 0 Å². The van der Waals surface area contributed by atoms with Crippen LogP contribution in [0.25, 0.3) is 0 Å². The highest BCUT2D eigenvalue weighted by atomic mass is 79.9. The fraction of sp³-hybridized carbons (Fsp3) is 0.750. The second kappa shape index (κ2) is 6.75. The smallest absolute Gasteiger partial charge is 0.317 e. The summed E-state index contributed by atoms with van der Waals surface area (Å²) in [6, 6.07) is 0. The second-order valence-corrected chi connectivity index (χ2v) is 6.04. The standard InChI is InChI=1S/C8H17BrNO3P/c1-4-12-14(11,13-5-2)8(10)6-7(3)9/h8H,3-6,10H2,1-2H3. The van der Waals surface area contributed by atoms with E-state index in [1.54, 1.807) is 13.8 Å². The molecule has 0 saturated heterocycles. The van der Waals surface area contributed by atoms with Gasteiger partial charge in [-0.15, -0.1) is 0 Å². The minimum absolute atomic E-state index is 0.319. The van der Waals surface area contributed by atoms with E-state index in [0.717, 1.165) is 0 Å². The minimum Gasteiger partial charge on any atom is -0.317 e. The van der Waals surface area contributed by atoms with Crippen molar-refractivity contribution in [2.75, 3.05) is 13.2 Å². The lowest BCUT2D eigenvalue weighted by atomic mass is 10.4. The van der Waals surface area contributed by atoms with Crippen molar-refractivity contribution in [3.05, 3.63) is 11.1 Å². The van der Waals surface area contributed by atoms with Gasteiger partial charge >= 0.3 is 7.60 Å². The van der Waals surface area contributed by atoms with Crippen molar-refractivity contribution < 1.29 is 13.6 Å². The summed E-state index contributed by atoms with van der Waals surface area (Å²) in [5.41, 5.74) is 5.72. The molecule has 0 aliphatic rings. The first kappa shape index (κ1) is 14.3. The highest BCUT2D eigenvalue weighted by Gasteiger charge is 2.32. The summed E-state index contributed by atoms with van der Waals surface area (Å²) in [4.78, 5) is 0. The Morgan fingerprint density at radius 2 is 1.93 bits per heavy atom. The van der Waals surface area contributed by atoms with E-state index < -0.39 is 13.4 Å². The lowest BCUT2D eigenvalue weighted by Crippen LogP contribution is -2.23. The normalized spacial score (nSPS) is 14.0. The molecule has 0 aromatic rings. The molecule has 0 rings (SSSR count). The highest BCUT2D eigenvalue weighted by molar-refractivity contribution is 9.11. The summed E-state index contributed by atoms with van der Waals surface area (Å²) in [5.74, 6) is -0.658. The van der Waals surface area contributed by atoms with Crippen molar-refractivity contribution in [1.82, 2.24) is 0 Å². The van der Waals surface area contributed by atoms with Gasteiger partial charge in [-0.2, -0.15) is 0 Å². The average molecular weight is 286 g/mol. The van der Waals surface area contributed by atoms with E-state index in [0.29, 0.717) is 24.1 Å². The van der Waals surface area contributed by atoms with E-state index >= 15 is 0 Å².